The van der Waals surface area contributed by atoms with Gasteiger partial charge in [0.25, 0.3) is 0 Å². The van der Waals surface area contributed by atoms with E-state index in [1.165, 1.54) is 82.4 Å². The van der Waals surface area contributed by atoms with Crippen molar-refractivity contribution in [2.45, 2.75) is 20.8 Å². The second-order valence-electron chi connectivity index (χ2n) is 13.1. The van der Waals surface area contributed by atoms with Crippen molar-refractivity contribution in [3.63, 3.8) is 0 Å². The van der Waals surface area contributed by atoms with Gasteiger partial charge in [-0.25, -0.2) is 0 Å². The Bertz CT molecular complexity index is 2540. The van der Waals surface area contributed by atoms with E-state index in [2.05, 4.69) is 221 Å². The Balaban J connectivity index is 0.000000119. The van der Waals surface area contributed by atoms with Crippen molar-refractivity contribution in [3.8, 4) is 33.4 Å². The first kappa shape index (κ1) is 33.3. The average Bonchev–Trinajstić information content (AvgIpc) is 3.18. The summed E-state index contributed by atoms with van der Waals surface area (Å²) in [6, 6.07) is 70.8. The zero-order chi connectivity index (χ0) is 35.0. The van der Waals surface area contributed by atoms with Gasteiger partial charge in [0.15, 0.2) is 0 Å². The van der Waals surface area contributed by atoms with Crippen LogP contribution in [0, 0.1) is 20.8 Å². The van der Waals surface area contributed by atoms with E-state index in [9.17, 15) is 0 Å². The van der Waals surface area contributed by atoms with Gasteiger partial charge in [-0.05, 0) is 115 Å². The predicted octanol–water partition coefficient (Wildman–Crippen LogP) is 14.4. The number of aryl methyl sites for hydroxylation is 3. The number of fused-ring (bicyclic) bond motifs is 3. The summed E-state index contributed by atoms with van der Waals surface area (Å²) in [5.74, 6) is 0. The highest BCUT2D eigenvalue weighted by Gasteiger charge is 2.06. The van der Waals surface area contributed by atoms with Gasteiger partial charge in [0.1, 0.15) is 0 Å². The van der Waals surface area contributed by atoms with Gasteiger partial charge < -0.3 is 0 Å². The fraction of sp³-hybridized carbons (Fsp3) is 0.0588. The molecule has 0 spiro atoms. The second kappa shape index (κ2) is 15.5. The molecule has 51 heavy (non-hydrogen) atoms. The molecule has 0 atom stereocenters. The maximum atomic E-state index is 2.28. The summed E-state index contributed by atoms with van der Waals surface area (Å²) in [5.41, 5.74) is 11.8. The molecule has 246 valence electrons. The van der Waals surface area contributed by atoms with Gasteiger partial charge >= 0.3 is 0 Å². The number of rotatable bonds is 3. The molecule has 0 amide bonds. The molecule has 0 fully saturated rings. The average molecular weight is 655 g/mol. The van der Waals surface area contributed by atoms with Crippen LogP contribution in [0.15, 0.2) is 200 Å². The lowest BCUT2D eigenvalue weighted by Crippen LogP contribution is -1.84. The van der Waals surface area contributed by atoms with Crippen molar-refractivity contribution < 1.29 is 0 Å². The molecule has 0 saturated carbocycles. The maximum absolute atomic E-state index is 2.28. The quantitative estimate of drug-likeness (QED) is 0.178. The van der Waals surface area contributed by atoms with Crippen molar-refractivity contribution in [2.24, 2.45) is 0 Å². The molecule has 9 rings (SSSR count). The molecule has 0 aliphatic rings. The topological polar surface area (TPSA) is 0 Å². The summed E-state index contributed by atoms with van der Waals surface area (Å²) in [5, 5.41) is 7.83. The van der Waals surface area contributed by atoms with E-state index in [1.807, 2.05) is 0 Å². The Hall–Kier alpha value is -6.24. The first-order chi connectivity index (χ1) is 25.0. The molecule has 0 aromatic heterocycles. The minimum atomic E-state index is 1.29. The minimum Gasteiger partial charge on any atom is -0.0622 e. The normalized spacial score (nSPS) is 10.6. The molecule has 0 radical (unpaired) electrons. The molecule has 0 saturated heterocycles. The Morgan fingerprint density at radius 2 is 0.725 bits per heavy atom. The van der Waals surface area contributed by atoms with E-state index in [1.54, 1.807) is 0 Å². The van der Waals surface area contributed by atoms with Crippen LogP contribution in [0.3, 0.4) is 0 Å². The molecule has 0 aliphatic heterocycles. The molecule has 9 aromatic carbocycles. The summed E-state index contributed by atoms with van der Waals surface area (Å²) >= 11 is 0. The van der Waals surface area contributed by atoms with E-state index in [-0.39, 0.29) is 0 Å². The van der Waals surface area contributed by atoms with Crippen LogP contribution in [0.4, 0.5) is 0 Å². The highest BCUT2D eigenvalue weighted by molar-refractivity contribution is 5.97. The fourth-order valence-electron chi connectivity index (χ4n) is 6.87. The first-order valence-electron chi connectivity index (χ1n) is 17.7. The van der Waals surface area contributed by atoms with Crippen LogP contribution in [0.2, 0.25) is 0 Å². The van der Waals surface area contributed by atoms with Crippen LogP contribution < -0.4 is 0 Å². The smallest absolute Gasteiger partial charge is 0.0103 e. The van der Waals surface area contributed by atoms with E-state index >= 15 is 0 Å². The largest absolute Gasteiger partial charge is 0.0622 e. The summed E-state index contributed by atoms with van der Waals surface area (Å²) in [6.07, 6.45) is 0. The van der Waals surface area contributed by atoms with Gasteiger partial charge in [-0.2, -0.15) is 0 Å². The van der Waals surface area contributed by atoms with Crippen LogP contribution in [-0.2, 0) is 0 Å². The van der Waals surface area contributed by atoms with E-state index in [0.717, 1.165) is 0 Å². The van der Waals surface area contributed by atoms with Gasteiger partial charge in [-0.3, -0.25) is 0 Å². The Morgan fingerprint density at radius 3 is 1.41 bits per heavy atom. The van der Waals surface area contributed by atoms with Gasteiger partial charge in [-0.1, -0.05) is 188 Å². The molecular formula is C51H42. The molecular weight excluding hydrogens is 613 g/mol. The highest BCUT2D eigenvalue weighted by atomic mass is 14.1. The van der Waals surface area contributed by atoms with Gasteiger partial charge in [0.05, 0.1) is 0 Å². The van der Waals surface area contributed by atoms with Gasteiger partial charge in [0.2, 0.25) is 0 Å². The Kier molecular flexibility index (Phi) is 10.1. The SMILES string of the molecule is Cc1cc2ccccc2cc1-c1ccccc1.Cc1ccccc1-c1ccc2ccccc2c1.Cc1ccccc1-c1cccc2ccccc12. The van der Waals surface area contributed by atoms with Crippen LogP contribution in [0.5, 0.6) is 0 Å². The third kappa shape index (κ3) is 7.67. The van der Waals surface area contributed by atoms with Crippen molar-refractivity contribution in [1.82, 2.24) is 0 Å². The third-order valence-electron chi connectivity index (χ3n) is 9.61. The third-order valence-corrected chi connectivity index (χ3v) is 9.61. The summed E-state index contributed by atoms with van der Waals surface area (Å²) < 4.78 is 0. The summed E-state index contributed by atoms with van der Waals surface area (Å²) in [6.45, 7) is 6.50. The lowest BCUT2D eigenvalue weighted by molar-refractivity contribution is 1.46. The zero-order valence-corrected chi connectivity index (χ0v) is 29.6. The molecule has 0 unspecified atom stereocenters. The molecule has 0 heterocycles. The number of hydrogen-bond donors (Lipinski definition) is 0. The lowest BCUT2D eigenvalue weighted by atomic mass is 9.95. The van der Waals surface area contributed by atoms with Gasteiger partial charge in [0, 0.05) is 0 Å². The predicted molar refractivity (Wildman–Crippen MR) is 222 cm³/mol. The summed E-state index contributed by atoms with van der Waals surface area (Å²) in [4.78, 5) is 0. The first-order valence-corrected chi connectivity index (χ1v) is 17.7. The highest BCUT2D eigenvalue weighted by Crippen LogP contribution is 2.31. The molecule has 0 heteroatoms. The van der Waals surface area contributed by atoms with Crippen molar-refractivity contribution in [3.05, 3.63) is 217 Å². The van der Waals surface area contributed by atoms with E-state index in [4.69, 9.17) is 0 Å². The second-order valence-corrected chi connectivity index (χ2v) is 13.1. The monoisotopic (exact) mass is 654 g/mol. The number of hydrogen-bond acceptors (Lipinski definition) is 0. The minimum absolute atomic E-state index is 1.29. The van der Waals surface area contributed by atoms with Crippen molar-refractivity contribution >= 4 is 32.3 Å². The Morgan fingerprint density at radius 1 is 0.235 bits per heavy atom. The van der Waals surface area contributed by atoms with Crippen molar-refractivity contribution in [2.75, 3.05) is 0 Å². The van der Waals surface area contributed by atoms with Crippen LogP contribution in [-0.4, -0.2) is 0 Å². The molecule has 0 nitrogen and oxygen atoms in total. The lowest BCUT2D eigenvalue weighted by Gasteiger charge is -2.09. The van der Waals surface area contributed by atoms with Gasteiger partial charge in [-0.15, -0.1) is 0 Å². The van der Waals surface area contributed by atoms with E-state index < -0.39 is 0 Å². The molecule has 9 aromatic rings. The van der Waals surface area contributed by atoms with E-state index in [0.29, 0.717) is 0 Å². The maximum Gasteiger partial charge on any atom is -0.0103 e. The zero-order valence-electron chi connectivity index (χ0n) is 29.6. The Labute approximate surface area is 302 Å². The fourth-order valence-corrected chi connectivity index (χ4v) is 6.87. The molecule has 0 aliphatic carbocycles. The molecule has 0 bridgehead atoms. The standard InChI is InChI=1S/3C17H14/c1-13-6-2-5-9-17(13)16-11-10-14-7-3-4-8-15(14)12-16;1-13-7-2-4-10-15(13)17-12-6-9-14-8-3-5-11-16(14)17;1-13-11-15-9-5-6-10-16(15)12-17(13)14-7-3-2-4-8-14/h3*2-12H,1H3. The summed E-state index contributed by atoms with van der Waals surface area (Å²) in [7, 11) is 0. The van der Waals surface area contributed by atoms with Crippen molar-refractivity contribution in [1.29, 1.82) is 0 Å². The molecule has 0 N–H and O–H groups in total. The van der Waals surface area contributed by atoms with Crippen LogP contribution >= 0.6 is 0 Å². The number of benzene rings is 9. The van der Waals surface area contributed by atoms with Crippen LogP contribution in [0.25, 0.3) is 65.7 Å². The van der Waals surface area contributed by atoms with Crippen LogP contribution in [0.1, 0.15) is 16.7 Å².